The van der Waals surface area contributed by atoms with Gasteiger partial charge in [0.15, 0.2) is 0 Å². The molecule has 0 saturated heterocycles. The first-order valence-corrected chi connectivity index (χ1v) is 6.22. The van der Waals surface area contributed by atoms with E-state index in [1.165, 1.54) is 11.1 Å². The molecule has 2 aromatic rings. The maximum absolute atomic E-state index is 5.99. The van der Waals surface area contributed by atoms with Crippen molar-refractivity contribution in [1.82, 2.24) is 5.32 Å². The highest BCUT2D eigenvalue weighted by Gasteiger charge is 2.21. The van der Waals surface area contributed by atoms with Crippen LogP contribution in [0, 0.1) is 0 Å². The third kappa shape index (κ3) is 2.38. The molecule has 17 heavy (non-hydrogen) atoms. The van der Waals surface area contributed by atoms with Gasteiger partial charge in [0.1, 0.15) is 5.76 Å². The lowest BCUT2D eigenvalue weighted by atomic mass is 10.1. The molecule has 1 aliphatic carbocycles. The van der Waals surface area contributed by atoms with Gasteiger partial charge in [0.2, 0.25) is 0 Å². The lowest BCUT2D eigenvalue weighted by molar-refractivity contribution is 0.449. The van der Waals surface area contributed by atoms with Crippen LogP contribution in [-0.4, -0.2) is 6.04 Å². The van der Waals surface area contributed by atoms with Gasteiger partial charge in [0.25, 0.3) is 0 Å². The van der Waals surface area contributed by atoms with Gasteiger partial charge in [0.05, 0.1) is 12.8 Å². The Hall–Kier alpha value is -1.25. The van der Waals surface area contributed by atoms with Crippen molar-refractivity contribution < 1.29 is 4.42 Å². The summed E-state index contributed by atoms with van der Waals surface area (Å²) in [6, 6.07) is 10.6. The molecule has 0 fully saturated rings. The molecule has 0 amide bonds. The predicted octanol–water partition coefficient (Wildman–Crippen LogP) is 3.19. The van der Waals surface area contributed by atoms with Crippen LogP contribution in [0.2, 0.25) is 5.02 Å². The van der Waals surface area contributed by atoms with Gasteiger partial charge in [-0.05, 0) is 48.2 Å². The fourth-order valence-electron chi connectivity index (χ4n) is 2.39. The second-order valence-corrected chi connectivity index (χ2v) is 4.91. The molecule has 3 rings (SSSR count). The SMILES string of the molecule is Clc1ccc2c(c1)CC(NCc1ccco1)C2. The van der Waals surface area contributed by atoms with Crippen LogP contribution in [-0.2, 0) is 19.4 Å². The molecule has 1 atom stereocenters. The Labute approximate surface area is 106 Å². The first-order chi connectivity index (χ1) is 8.31. The van der Waals surface area contributed by atoms with Gasteiger partial charge < -0.3 is 9.73 Å². The zero-order valence-corrected chi connectivity index (χ0v) is 10.2. The zero-order valence-electron chi connectivity index (χ0n) is 9.45. The van der Waals surface area contributed by atoms with Gasteiger partial charge in [-0.3, -0.25) is 0 Å². The Morgan fingerprint density at radius 1 is 1.24 bits per heavy atom. The van der Waals surface area contributed by atoms with Crippen molar-refractivity contribution in [2.75, 3.05) is 0 Å². The number of hydrogen-bond acceptors (Lipinski definition) is 2. The van der Waals surface area contributed by atoms with Crippen molar-refractivity contribution in [2.24, 2.45) is 0 Å². The summed E-state index contributed by atoms with van der Waals surface area (Å²) >= 11 is 5.99. The van der Waals surface area contributed by atoms with E-state index in [9.17, 15) is 0 Å². The molecule has 0 spiro atoms. The minimum atomic E-state index is 0.494. The summed E-state index contributed by atoms with van der Waals surface area (Å²) in [6.45, 7) is 0.791. The highest BCUT2D eigenvalue weighted by molar-refractivity contribution is 6.30. The minimum Gasteiger partial charge on any atom is -0.468 e. The smallest absolute Gasteiger partial charge is 0.117 e. The molecule has 3 heteroatoms. The Kier molecular flexibility index (Phi) is 2.91. The molecule has 0 bridgehead atoms. The van der Waals surface area contributed by atoms with Crippen molar-refractivity contribution in [2.45, 2.75) is 25.4 Å². The monoisotopic (exact) mass is 247 g/mol. The highest BCUT2D eigenvalue weighted by Crippen LogP contribution is 2.25. The summed E-state index contributed by atoms with van der Waals surface area (Å²) in [5.74, 6) is 0.985. The Morgan fingerprint density at radius 3 is 2.94 bits per heavy atom. The van der Waals surface area contributed by atoms with Gasteiger partial charge in [0, 0.05) is 11.1 Å². The third-order valence-corrected chi connectivity index (χ3v) is 3.48. The lowest BCUT2D eigenvalue weighted by Gasteiger charge is -2.09. The maximum Gasteiger partial charge on any atom is 0.117 e. The van der Waals surface area contributed by atoms with Crippen LogP contribution < -0.4 is 5.32 Å². The van der Waals surface area contributed by atoms with E-state index in [1.54, 1.807) is 6.26 Å². The fraction of sp³-hybridized carbons (Fsp3) is 0.286. The summed E-state index contributed by atoms with van der Waals surface area (Å²) in [4.78, 5) is 0. The molecule has 88 valence electrons. The Morgan fingerprint density at radius 2 is 2.12 bits per heavy atom. The Balaban J connectivity index is 1.62. The summed E-state index contributed by atoms with van der Waals surface area (Å²) in [6.07, 6.45) is 3.84. The van der Waals surface area contributed by atoms with Crippen LogP contribution >= 0.6 is 11.6 Å². The van der Waals surface area contributed by atoms with E-state index < -0.39 is 0 Å². The quantitative estimate of drug-likeness (QED) is 0.901. The average Bonchev–Trinajstić information content (AvgIpc) is 2.94. The summed E-state index contributed by atoms with van der Waals surface area (Å²) in [7, 11) is 0. The zero-order chi connectivity index (χ0) is 11.7. The lowest BCUT2D eigenvalue weighted by Crippen LogP contribution is -2.28. The summed E-state index contributed by atoms with van der Waals surface area (Å²) in [5.41, 5.74) is 2.78. The molecular weight excluding hydrogens is 234 g/mol. The van der Waals surface area contributed by atoms with Crippen LogP contribution in [0.5, 0.6) is 0 Å². The number of fused-ring (bicyclic) bond motifs is 1. The molecule has 1 aromatic carbocycles. The molecular formula is C14H14ClNO. The molecule has 1 unspecified atom stereocenters. The number of halogens is 1. The number of hydrogen-bond donors (Lipinski definition) is 1. The van der Waals surface area contributed by atoms with Crippen molar-refractivity contribution >= 4 is 11.6 Å². The van der Waals surface area contributed by atoms with Gasteiger partial charge >= 0.3 is 0 Å². The molecule has 1 N–H and O–H groups in total. The standard InChI is InChI=1S/C14H14ClNO/c15-12-4-3-10-7-13(8-11(10)6-12)16-9-14-2-1-5-17-14/h1-6,13,16H,7-9H2. The number of furan rings is 1. The third-order valence-electron chi connectivity index (χ3n) is 3.25. The van der Waals surface area contributed by atoms with Gasteiger partial charge in [-0.1, -0.05) is 17.7 Å². The van der Waals surface area contributed by atoms with E-state index in [0.717, 1.165) is 30.2 Å². The van der Waals surface area contributed by atoms with Gasteiger partial charge in [-0.25, -0.2) is 0 Å². The number of rotatable bonds is 3. The van der Waals surface area contributed by atoms with Crippen molar-refractivity contribution in [3.63, 3.8) is 0 Å². The predicted molar refractivity (Wildman–Crippen MR) is 68.2 cm³/mol. The molecule has 0 radical (unpaired) electrons. The van der Waals surface area contributed by atoms with E-state index in [1.807, 2.05) is 18.2 Å². The number of benzene rings is 1. The van der Waals surface area contributed by atoms with Crippen LogP contribution in [0.25, 0.3) is 0 Å². The first kappa shape index (κ1) is 10.9. The second kappa shape index (κ2) is 4.55. The van der Waals surface area contributed by atoms with Gasteiger partial charge in [-0.2, -0.15) is 0 Å². The largest absolute Gasteiger partial charge is 0.468 e. The van der Waals surface area contributed by atoms with Crippen molar-refractivity contribution in [1.29, 1.82) is 0 Å². The summed E-state index contributed by atoms with van der Waals surface area (Å²) in [5, 5.41) is 4.34. The minimum absolute atomic E-state index is 0.494. The Bertz CT molecular complexity index is 507. The van der Waals surface area contributed by atoms with Crippen molar-refractivity contribution in [3.05, 3.63) is 58.5 Å². The van der Waals surface area contributed by atoms with E-state index in [2.05, 4.69) is 17.4 Å². The molecule has 2 nitrogen and oxygen atoms in total. The van der Waals surface area contributed by atoms with Crippen LogP contribution in [0.4, 0.5) is 0 Å². The van der Waals surface area contributed by atoms with E-state index in [4.69, 9.17) is 16.0 Å². The number of nitrogens with one attached hydrogen (secondary N) is 1. The molecule has 1 aliphatic rings. The van der Waals surface area contributed by atoms with Crippen LogP contribution in [0.3, 0.4) is 0 Å². The van der Waals surface area contributed by atoms with E-state index in [0.29, 0.717) is 6.04 Å². The molecule has 1 heterocycles. The van der Waals surface area contributed by atoms with Crippen molar-refractivity contribution in [3.8, 4) is 0 Å². The molecule has 0 saturated carbocycles. The van der Waals surface area contributed by atoms with E-state index >= 15 is 0 Å². The van der Waals surface area contributed by atoms with E-state index in [-0.39, 0.29) is 0 Å². The molecule has 0 aliphatic heterocycles. The topological polar surface area (TPSA) is 25.2 Å². The fourth-order valence-corrected chi connectivity index (χ4v) is 2.58. The maximum atomic E-state index is 5.99. The van der Waals surface area contributed by atoms with Gasteiger partial charge in [-0.15, -0.1) is 0 Å². The first-order valence-electron chi connectivity index (χ1n) is 5.84. The average molecular weight is 248 g/mol. The van der Waals surface area contributed by atoms with Crippen LogP contribution in [0.15, 0.2) is 41.0 Å². The van der Waals surface area contributed by atoms with Crippen LogP contribution in [0.1, 0.15) is 16.9 Å². The normalized spacial score (nSPS) is 18.3. The highest BCUT2D eigenvalue weighted by atomic mass is 35.5. The molecule has 1 aromatic heterocycles. The second-order valence-electron chi connectivity index (χ2n) is 4.48. The summed E-state index contributed by atoms with van der Waals surface area (Å²) < 4.78 is 5.31.